The molecule has 0 N–H and O–H groups in total. The first-order chi connectivity index (χ1) is 17.0. The molecule has 0 saturated carbocycles. The minimum absolute atomic E-state index is 0.0195. The van der Waals surface area contributed by atoms with E-state index >= 15 is 0 Å². The second kappa shape index (κ2) is 11.5. The van der Waals surface area contributed by atoms with Crippen LogP contribution in [0, 0.1) is 0 Å². The number of ether oxygens (including phenoxy) is 2. The summed E-state index contributed by atoms with van der Waals surface area (Å²) in [6.45, 7) is 6.52. The maximum absolute atomic E-state index is 12.8. The van der Waals surface area contributed by atoms with Crippen LogP contribution in [0.2, 0.25) is 0 Å². The van der Waals surface area contributed by atoms with Crippen LogP contribution in [0.25, 0.3) is 11.0 Å². The highest BCUT2D eigenvalue weighted by Gasteiger charge is 2.22. The number of benzene rings is 2. The van der Waals surface area contributed by atoms with Crippen LogP contribution in [0.15, 0.2) is 47.3 Å². The number of ketones is 1. The molecule has 8 nitrogen and oxygen atoms in total. The third-order valence-corrected chi connectivity index (χ3v) is 6.17. The van der Waals surface area contributed by atoms with Gasteiger partial charge in [0.25, 0.3) is 0 Å². The van der Waals surface area contributed by atoms with E-state index in [9.17, 15) is 14.4 Å². The highest BCUT2D eigenvalue weighted by atomic mass is 16.6. The van der Waals surface area contributed by atoms with E-state index < -0.39 is 5.60 Å². The van der Waals surface area contributed by atoms with Crippen LogP contribution in [0.3, 0.4) is 0 Å². The van der Waals surface area contributed by atoms with Gasteiger partial charge in [0.15, 0.2) is 5.78 Å². The topological polar surface area (TPSA) is 82.8 Å². The van der Waals surface area contributed by atoms with Crippen LogP contribution < -0.4 is 10.4 Å². The van der Waals surface area contributed by atoms with E-state index in [-0.39, 0.29) is 17.6 Å². The van der Waals surface area contributed by atoms with E-state index in [0.717, 1.165) is 22.3 Å². The third kappa shape index (κ3) is 6.56. The van der Waals surface area contributed by atoms with Crippen molar-refractivity contribution in [3.05, 3.63) is 64.1 Å². The standard InChI is InChI=1S/C28H37N3O5/c1-28(2,3)36-27(34)31(18-16-20-11-7-8-13-25(20)35-6)17-10-9-12-24(32)21-14-15-22-23(19-21)30(5)26(33)29(22)4/h7-8,11,13-15,19H,9-10,12,16-18H2,1-6H3. The van der Waals surface area contributed by atoms with Gasteiger partial charge in [0.1, 0.15) is 11.4 Å². The molecule has 0 unspecified atom stereocenters. The maximum atomic E-state index is 12.8. The van der Waals surface area contributed by atoms with Gasteiger partial charge in [0, 0.05) is 39.2 Å². The first kappa shape index (κ1) is 27.0. The van der Waals surface area contributed by atoms with Gasteiger partial charge in [-0.15, -0.1) is 0 Å². The molecule has 0 saturated heterocycles. The van der Waals surface area contributed by atoms with E-state index in [1.165, 1.54) is 0 Å². The molecule has 8 heteroatoms. The lowest BCUT2D eigenvalue weighted by molar-refractivity contribution is 0.0249. The molecule has 3 aromatic rings. The number of para-hydroxylation sites is 1. The third-order valence-electron chi connectivity index (χ3n) is 6.17. The summed E-state index contributed by atoms with van der Waals surface area (Å²) in [6.07, 6.45) is 1.94. The molecule has 0 atom stereocenters. The van der Waals surface area contributed by atoms with Gasteiger partial charge in [-0.2, -0.15) is 0 Å². The normalized spacial score (nSPS) is 11.5. The predicted molar refractivity (Wildman–Crippen MR) is 141 cm³/mol. The molecule has 1 heterocycles. The summed E-state index contributed by atoms with van der Waals surface area (Å²) in [6, 6.07) is 13.1. The van der Waals surface area contributed by atoms with Gasteiger partial charge in [0.2, 0.25) is 0 Å². The largest absolute Gasteiger partial charge is 0.496 e. The number of hydrogen-bond acceptors (Lipinski definition) is 5. The molecule has 0 aliphatic rings. The van der Waals surface area contributed by atoms with Crippen molar-refractivity contribution in [2.75, 3.05) is 20.2 Å². The predicted octanol–water partition coefficient (Wildman–Crippen LogP) is 4.72. The van der Waals surface area contributed by atoms with Crippen LogP contribution in [0.4, 0.5) is 4.79 Å². The number of carbonyl (C=O) groups is 2. The Bertz CT molecular complexity index is 1280. The summed E-state index contributed by atoms with van der Waals surface area (Å²) in [5.74, 6) is 0.811. The molecule has 1 amide bonds. The van der Waals surface area contributed by atoms with Gasteiger partial charge in [-0.05, 0) is 69.9 Å². The second-order valence-corrected chi connectivity index (χ2v) is 10.0. The zero-order chi connectivity index (χ0) is 26.5. The number of carbonyl (C=O) groups excluding carboxylic acids is 2. The van der Waals surface area contributed by atoms with E-state index in [1.54, 1.807) is 47.4 Å². The van der Waals surface area contributed by atoms with Gasteiger partial charge in [0.05, 0.1) is 18.1 Å². The number of amides is 1. The van der Waals surface area contributed by atoms with Crippen molar-refractivity contribution < 1.29 is 19.1 Å². The second-order valence-electron chi connectivity index (χ2n) is 10.0. The average Bonchev–Trinajstić information content (AvgIpc) is 3.05. The number of aryl methyl sites for hydroxylation is 2. The van der Waals surface area contributed by atoms with Crippen molar-refractivity contribution in [1.82, 2.24) is 14.0 Å². The summed E-state index contributed by atoms with van der Waals surface area (Å²) in [4.78, 5) is 39.5. The van der Waals surface area contributed by atoms with Gasteiger partial charge >= 0.3 is 11.8 Å². The summed E-state index contributed by atoms with van der Waals surface area (Å²) in [5, 5.41) is 0. The van der Waals surface area contributed by atoms with Crippen molar-refractivity contribution in [3.63, 3.8) is 0 Å². The number of nitrogens with zero attached hydrogens (tertiary/aromatic N) is 3. The Labute approximate surface area is 212 Å². The summed E-state index contributed by atoms with van der Waals surface area (Å²) in [5.41, 5.74) is 2.43. The van der Waals surface area contributed by atoms with Crippen molar-refractivity contribution in [1.29, 1.82) is 0 Å². The molecule has 1 aromatic heterocycles. The van der Waals surface area contributed by atoms with E-state index in [1.807, 2.05) is 51.1 Å². The first-order valence-corrected chi connectivity index (χ1v) is 12.3. The Kier molecular flexibility index (Phi) is 8.61. The lowest BCUT2D eigenvalue weighted by Crippen LogP contribution is -2.38. The smallest absolute Gasteiger partial charge is 0.410 e. The number of unbranched alkanes of at least 4 members (excludes halogenated alkanes) is 1. The van der Waals surface area contributed by atoms with Crippen molar-refractivity contribution in [3.8, 4) is 5.75 Å². The van der Waals surface area contributed by atoms with Crippen LogP contribution in [-0.2, 0) is 25.3 Å². The molecule has 3 rings (SSSR count). The Morgan fingerprint density at radius 1 is 0.944 bits per heavy atom. The van der Waals surface area contributed by atoms with E-state index in [4.69, 9.17) is 9.47 Å². The Morgan fingerprint density at radius 2 is 1.64 bits per heavy atom. The molecule has 194 valence electrons. The average molecular weight is 496 g/mol. The van der Waals surface area contributed by atoms with E-state index in [2.05, 4.69) is 0 Å². The summed E-state index contributed by atoms with van der Waals surface area (Å²) in [7, 11) is 5.06. The van der Waals surface area contributed by atoms with Gasteiger partial charge in [-0.3, -0.25) is 13.9 Å². The number of Topliss-reactive ketones (excluding diaryl/α,β-unsaturated/α-hetero) is 1. The highest BCUT2D eigenvalue weighted by Crippen LogP contribution is 2.20. The maximum Gasteiger partial charge on any atom is 0.410 e. The van der Waals surface area contributed by atoms with Crippen molar-refractivity contribution in [2.24, 2.45) is 14.1 Å². The Hall–Kier alpha value is -3.55. The van der Waals surface area contributed by atoms with Gasteiger partial charge in [-0.25, -0.2) is 9.59 Å². The van der Waals surface area contributed by atoms with Crippen LogP contribution in [0.1, 0.15) is 56.0 Å². The molecule has 0 aliphatic carbocycles. The number of fused-ring (bicyclic) bond motifs is 1. The van der Waals surface area contributed by atoms with Crippen LogP contribution in [-0.4, -0.2) is 51.7 Å². The number of rotatable bonds is 10. The number of methoxy groups -OCH3 is 1. The fourth-order valence-corrected chi connectivity index (χ4v) is 4.20. The quantitative estimate of drug-likeness (QED) is 0.300. The molecule has 0 bridgehead atoms. The Morgan fingerprint density at radius 3 is 2.33 bits per heavy atom. The minimum atomic E-state index is -0.591. The zero-order valence-electron chi connectivity index (χ0n) is 22.2. The zero-order valence-corrected chi connectivity index (χ0v) is 22.2. The van der Waals surface area contributed by atoms with Gasteiger partial charge in [-0.1, -0.05) is 18.2 Å². The summed E-state index contributed by atoms with van der Waals surface area (Å²) >= 11 is 0. The first-order valence-electron chi connectivity index (χ1n) is 12.3. The fraction of sp³-hybridized carbons (Fsp3) is 0.464. The lowest BCUT2D eigenvalue weighted by atomic mass is 10.0. The highest BCUT2D eigenvalue weighted by molar-refractivity contribution is 5.99. The SMILES string of the molecule is COc1ccccc1CCN(CCCCC(=O)c1ccc2c(c1)n(C)c(=O)n2C)C(=O)OC(C)(C)C. The minimum Gasteiger partial charge on any atom is -0.496 e. The molecular weight excluding hydrogens is 458 g/mol. The molecule has 0 fully saturated rings. The molecule has 2 aromatic carbocycles. The monoisotopic (exact) mass is 495 g/mol. The van der Waals surface area contributed by atoms with Crippen molar-refractivity contribution >= 4 is 22.9 Å². The number of hydrogen-bond donors (Lipinski definition) is 0. The van der Waals surface area contributed by atoms with E-state index in [0.29, 0.717) is 44.3 Å². The molecule has 0 spiro atoms. The fourth-order valence-electron chi connectivity index (χ4n) is 4.20. The molecule has 36 heavy (non-hydrogen) atoms. The van der Waals surface area contributed by atoms with Crippen molar-refractivity contribution in [2.45, 2.75) is 52.1 Å². The van der Waals surface area contributed by atoms with Gasteiger partial charge < -0.3 is 14.4 Å². The molecule has 0 radical (unpaired) electrons. The molecular formula is C28H37N3O5. The summed E-state index contributed by atoms with van der Waals surface area (Å²) < 4.78 is 14.2. The lowest BCUT2D eigenvalue weighted by Gasteiger charge is -2.27. The number of imidazole rings is 1. The Balaban J connectivity index is 1.60. The van der Waals surface area contributed by atoms with Crippen LogP contribution in [0.5, 0.6) is 5.75 Å². The molecule has 0 aliphatic heterocycles. The number of aromatic nitrogens is 2. The van der Waals surface area contributed by atoms with Crippen LogP contribution >= 0.6 is 0 Å².